The van der Waals surface area contributed by atoms with Gasteiger partial charge in [0.15, 0.2) is 0 Å². The van der Waals surface area contributed by atoms with Crippen molar-refractivity contribution >= 4 is 12.1 Å². The second-order valence-corrected chi connectivity index (χ2v) is 3.71. The fraction of sp³-hybridized carbons (Fsp3) is 0.800. The molecule has 0 unspecified atom stereocenters. The van der Waals surface area contributed by atoms with E-state index in [0.717, 1.165) is 32.5 Å². The van der Waals surface area contributed by atoms with E-state index in [-0.39, 0.29) is 11.8 Å². The third-order valence-corrected chi connectivity index (χ3v) is 2.19. The van der Waals surface area contributed by atoms with Crippen LogP contribution in [0.3, 0.4) is 0 Å². The van der Waals surface area contributed by atoms with Crippen molar-refractivity contribution in [1.82, 2.24) is 4.90 Å². The van der Waals surface area contributed by atoms with E-state index in [1.165, 1.54) is 0 Å². The topological polar surface area (TPSA) is 32.7 Å². The maximum Gasteiger partial charge on any atom is 0.225 e. The Morgan fingerprint density at radius 1 is 1.46 bits per heavy atom. The first kappa shape index (κ1) is 10.2. The SMILES string of the molecule is CC(C)C(=O)N1CCCC=NCC1. The zero-order valence-corrected chi connectivity index (χ0v) is 8.49. The highest BCUT2D eigenvalue weighted by molar-refractivity contribution is 5.78. The molecule has 0 N–H and O–H groups in total. The van der Waals surface area contributed by atoms with E-state index in [0.29, 0.717) is 0 Å². The van der Waals surface area contributed by atoms with Gasteiger partial charge in [-0.2, -0.15) is 0 Å². The van der Waals surface area contributed by atoms with Gasteiger partial charge in [0.1, 0.15) is 0 Å². The van der Waals surface area contributed by atoms with Crippen molar-refractivity contribution < 1.29 is 4.79 Å². The summed E-state index contributed by atoms with van der Waals surface area (Å²) in [6.07, 6.45) is 4.01. The predicted octanol–water partition coefficient (Wildman–Crippen LogP) is 1.34. The summed E-state index contributed by atoms with van der Waals surface area (Å²) in [5, 5.41) is 0. The van der Waals surface area contributed by atoms with E-state index >= 15 is 0 Å². The van der Waals surface area contributed by atoms with Crippen LogP contribution in [0.25, 0.3) is 0 Å². The summed E-state index contributed by atoms with van der Waals surface area (Å²) in [5.41, 5.74) is 0. The molecule has 3 nitrogen and oxygen atoms in total. The van der Waals surface area contributed by atoms with Gasteiger partial charge in [0.2, 0.25) is 5.91 Å². The predicted molar refractivity (Wildman–Crippen MR) is 54.0 cm³/mol. The average molecular weight is 182 g/mol. The molecule has 13 heavy (non-hydrogen) atoms. The van der Waals surface area contributed by atoms with Gasteiger partial charge in [0.25, 0.3) is 0 Å². The summed E-state index contributed by atoms with van der Waals surface area (Å²) in [5.74, 6) is 0.375. The van der Waals surface area contributed by atoms with Crippen molar-refractivity contribution in [3.8, 4) is 0 Å². The first-order valence-corrected chi connectivity index (χ1v) is 4.99. The average Bonchev–Trinajstić information content (AvgIpc) is 2.02. The van der Waals surface area contributed by atoms with Crippen LogP contribution in [0.4, 0.5) is 0 Å². The molecular formula is C10H18N2O. The zero-order chi connectivity index (χ0) is 9.68. The number of rotatable bonds is 1. The fourth-order valence-electron chi connectivity index (χ4n) is 1.43. The van der Waals surface area contributed by atoms with Crippen molar-refractivity contribution in [2.24, 2.45) is 10.9 Å². The van der Waals surface area contributed by atoms with Crippen LogP contribution in [0.2, 0.25) is 0 Å². The standard InChI is InChI=1S/C10H18N2O/c1-9(2)10(13)12-7-4-3-5-11-6-8-12/h5,9H,3-4,6-8H2,1-2H3. The van der Waals surface area contributed by atoms with Gasteiger partial charge in [-0.05, 0) is 19.1 Å². The summed E-state index contributed by atoms with van der Waals surface area (Å²) in [4.78, 5) is 17.8. The van der Waals surface area contributed by atoms with Crippen LogP contribution in [0.1, 0.15) is 26.7 Å². The largest absolute Gasteiger partial charge is 0.341 e. The monoisotopic (exact) mass is 182 g/mol. The minimum atomic E-state index is 0.114. The highest BCUT2D eigenvalue weighted by Gasteiger charge is 2.16. The molecule has 1 amide bonds. The molecule has 0 spiro atoms. The zero-order valence-electron chi connectivity index (χ0n) is 8.49. The van der Waals surface area contributed by atoms with Gasteiger partial charge >= 0.3 is 0 Å². The van der Waals surface area contributed by atoms with Crippen molar-refractivity contribution in [2.75, 3.05) is 19.6 Å². The van der Waals surface area contributed by atoms with Gasteiger partial charge in [-0.1, -0.05) is 13.8 Å². The quantitative estimate of drug-likeness (QED) is 0.602. The molecule has 1 aliphatic rings. The van der Waals surface area contributed by atoms with Crippen LogP contribution in [-0.4, -0.2) is 36.7 Å². The van der Waals surface area contributed by atoms with Crippen molar-refractivity contribution in [3.63, 3.8) is 0 Å². The number of carbonyl (C=O) groups is 1. The Morgan fingerprint density at radius 2 is 2.23 bits per heavy atom. The Morgan fingerprint density at radius 3 is 2.92 bits per heavy atom. The van der Waals surface area contributed by atoms with Crippen LogP contribution < -0.4 is 0 Å². The van der Waals surface area contributed by atoms with Crippen LogP contribution in [0.5, 0.6) is 0 Å². The number of hydrogen-bond acceptors (Lipinski definition) is 2. The lowest BCUT2D eigenvalue weighted by molar-refractivity contribution is -0.134. The molecule has 0 saturated heterocycles. The van der Waals surface area contributed by atoms with Crippen LogP contribution in [-0.2, 0) is 4.79 Å². The molecule has 0 aromatic carbocycles. The molecule has 0 aromatic heterocycles. The van der Waals surface area contributed by atoms with Crippen LogP contribution in [0, 0.1) is 5.92 Å². The molecule has 74 valence electrons. The van der Waals surface area contributed by atoms with Crippen LogP contribution >= 0.6 is 0 Å². The summed E-state index contributed by atoms with van der Waals surface area (Å²) in [7, 11) is 0. The lowest BCUT2D eigenvalue weighted by Crippen LogP contribution is -2.37. The number of aliphatic imine (C=N–C) groups is 1. The van der Waals surface area contributed by atoms with Gasteiger partial charge in [-0.25, -0.2) is 0 Å². The van der Waals surface area contributed by atoms with E-state index in [9.17, 15) is 4.79 Å². The van der Waals surface area contributed by atoms with Crippen molar-refractivity contribution in [2.45, 2.75) is 26.7 Å². The number of hydrogen-bond donors (Lipinski definition) is 0. The van der Waals surface area contributed by atoms with E-state index < -0.39 is 0 Å². The third-order valence-electron chi connectivity index (χ3n) is 2.19. The summed E-state index contributed by atoms with van der Waals surface area (Å²) < 4.78 is 0. The molecule has 0 aliphatic carbocycles. The highest BCUT2D eigenvalue weighted by atomic mass is 16.2. The summed E-state index contributed by atoms with van der Waals surface area (Å²) in [6, 6.07) is 0. The third kappa shape index (κ3) is 3.17. The van der Waals surface area contributed by atoms with E-state index in [4.69, 9.17) is 0 Å². The molecule has 0 radical (unpaired) electrons. The minimum absolute atomic E-state index is 0.114. The number of amides is 1. The Bertz CT molecular complexity index is 199. The molecule has 1 aliphatic heterocycles. The second-order valence-electron chi connectivity index (χ2n) is 3.71. The molecule has 0 bridgehead atoms. The van der Waals surface area contributed by atoms with Gasteiger partial charge in [0.05, 0.1) is 6.54 Å². The Hall–Kier alpha value is -0.860. The van der Waals surface area contributed by atoms with E-state index in [1.807, 2.05) is 25.0 Å². The van der Waals surface area contributed by atoms with Crippen molar-refractivity contribution in [1.29, 1.82) is 0 Å². The normalized spacial score (nSPS) is 18.5. The minimum Gasteiger partial charge on any atom is -0.341 e. The lowest BCUT2D eigenvalue weighted by atomic mass is 10.1. The van der Waals surface area contributed by atoms with Gasteiger partial charge in [-0.3, -0.25) is 9.79 Å². The Balaban J connectivity index is 2.48. The second kappa shape index (κ2) is 5.00. The number of nitrogens with zero attached hydrogens (tertiary/aromatic N) is 2. The maximum absolute atomic E-state index is 11.6. The first-order chi connectivity index (χ1) is 6.22. The molecule has 0 atom stereocenters. The molecule has 3 heteroatoms. The Kier molecular flexibility index (Phi) is 3.93. The number of carbonyl (C=O) groups excluding carboxylic acids is 1. The molecule has 0 saturated carbocycles. The van der Waals surface area contributed by atoms with Crippen LogP contribution in [0.15, 0.2) is 4.99 Å². The highest BCUT2D eigenvalue weighted by Crippen LogP contribution is 2.04. The Labute approximate surface area is 79.8 Å². The lowest BCUT2D eigenvalue weighted by Gasteiger charge is -2.24. The van der Waals surface area contributed by atoms with Gasteiger partial charge in [0, 0.05) is 19.0 Å². The molecular weight excluding hydrogens is 164 g/mol. The molecule has 1 rings (SSSR count). The smallest absolute Gasteiger partial charge is 0.225 e. The summed E-state index contributed by atoms with van der Waals surface area (Å²) >= 11 is 0. The van der Waals surface area contributed by atoms with Gasteiger partial charge in [-0.15, -0.1) is 0 Å². The van der Waals surface area contributed by atoms with E-state index in [2.05, 4.69) is 4.99 Å². The van der Waals surface area contributed by atoms with E-state index in [1.54, 1.807) is 0 Å². The van der Waals surface area contributed by atoms with Crippen molar-refractivity contribution in [3.05, 3.63) is 0 Å². The fourth-order valence-corrected chi connectivity index (χ4v) is 1.43. The molecule has 1 heterocycles. The first-order valence-electron chi connectivity index (χ1n) is 4.99. The maximum atomic E-state index is 11.6. The molecule has 0 aromatic rings. The summed E-state index contributed by atoms with van der Waals surface area (Å²) in [6.45, 7) is 6.34. The van der Waals surface area contributed by atoms with Gasteiger partial charge < -0.3 is 4.90 Å². The molecule has 0 fully saturated rings.